The standard InChI is InChI=1S/C13H21N3O3/c1-5-10-14-11(19-15-10)6-9-7-16(8-9)12(17)18-13(2,3)4/h9H,5-8H2,1-4H3. The smallest absolute Gasteiger partial charge is 0.410 e. The van der Waals surface area contributed by atoms with E-state index in [2.05, 4.69) is 10.1 Å². The normalized spacial score (nSPS) is 16.3. The molecule has 0 spiro atoms. The van der Waals surface area contributed by atoms with Crippen LogP contribution in [0.2, 0.25) is 0 Å². The molecule has 0 saturated carbocycles. The molecule has 1 amide bonds. The molecule has 2 rings (SSSR count). The fourth-order valence-corrected chi connectivity index (χ4v) is 1.94. The van der Waals surface area contributed by atoms with Crippen LogP contribution >= 0.6 is 0 Å². The SMILES string of the molecule is CCc1noc(CC2CN(C(=O)OC(C)(C)C)C2)n1. The van der Waals surface area contributed by atoms with Crippen LogP contribution in [0.3, 0.4) is 0 Å². The predicted octanol–water partition coefficient (Wildman–Crippen LogP) is 2.04. The van der Waals surface area contributed by atoms with Crippen LogP contribution in [0.4, 0.5) is 4.79 Å². The lowest BCUT2D eigenvalue weighted by molar-refractivity contribution is -0.00186. The van der Waals surface area contributed by atoms with Crippen molar-refractivity contribution >= 4 is 6.09 Å². The van der Waals surface area contributed by atoms with E-state index < -0.39 is 5.60 Å². The third-order valence-electron chi connectivity index (χ3n) is 2.90. The summed E-state index contributed by atoms with van der Waals surface area (Å²) in [4.78, 5) is 17.7. The molecule has 1 aromatic heterocycles. The first-order chi connectivity index (χ1) is 8.87. The highest BCUT2D eigenvalue weighted by Crippen LogP contribution is 2.22. The van der Waals surface area contributed by atoms with Gasteiger partial charge < -0.3 is 14.2 Å². The Kier molecular flexibility index (Phi) is 3.78. The van der Waals surface area contributed by atoms with Gasteiger partial charge in [0.15, 0.2) is 5.82 Å². The minimum absolute atomic E-state index is 0.247. The number of likely N-dealkylation sites (tertiary alicyclic amines) is 1. The number of hydrogen-bond acceptors (Lipinski definition) is 5. The number of ether oxygens (including phenoxy) is 1. The average Bonchev–Trinajstić information content (AvgIpc) is 2.67. The molecule has 0 N–H and O–H groups in total. The van der Waals surface area contributed by atoms with Crippen molar-refractivity contribution in [1.82, 2.24) is 15.0 Å². The van der Waals surface area contributed by atoms with Gasteiger partial charge in [-0.15, -0.1) is 0 Å². The van der Waals surface area contributed by atoms with Crippen molar-refractivity contribution in [2.75, 3.05) is 13.1 Å². The summed E-state index contributed by atoms with van der Waals surface area (Å²) in [6.45, 7) is 8.98. The highest BCUT2D eigenvalue weighted by atomic mass is 16.6. The number of amides is 1. The molecule has 1 aliphatic rings. The van der Waals surface area contributed by atoms with E-state index in [-0.39, 0.29) is 6.09 Å². The first-order valence-corrected chi connectivity index (χ1v) is 6.66. The van der Waals surface area contributed by atoms with Crippen molar-refractivity contribution in [1.29, 1.82) is 0 Å². The number of aromatic nitrogens is 2. The van der Waals surface area contributed by atoms with Crippen LogP contribution in [0.5, 0.6) is 0 Å². The summed E-state index contributed by atoms with van der Waals surface area (Å²) in [5.74, 6) is 1.78. The van der Waals surface area contributed by atoms with Gasteiger partial charge in [0, 0.05) is 31.8 Å². The van der Waals surface area contributed by atoms with Gasteiger partial charge in [0.1, 0.15) is 5.60 Å². The van der Waals surface area contributed by atoms with Gasteiger partial charge in [-0.05, 0) is 20.8 Å². The van der Waals surface area contributed by atoms with Crippen molar-refractivity contribution < 1.29 is 14.1 Å². The van der Waals surface area contributed by atoms with Crippen LogP contribution in [0.25, 0.3) is 0 Å². The molecule has 6 nitrogen and oxygen atoms in total. The number of hydrogen-bond donors (Lipinski definition) is 0. The van der Waals surface area contributed by atoms with Gasteiger partial charge in [-0.2, -0.15) is 4.98 Å². The molecular formula is C13H21N3O3. The first kappa shape index (κ1) is 13.8. The van der Waals surface area contributed by atoms with E-state index in [1.165, 1.54) is 0 Å². The molecule has 0 atom stereocenters. The van der Waals surface area contributed by atoms with Crippen LogP contribution in [-0.2, 0) is 17.6 Å². The molecule has 0 bridgehead atoms. The highest BCUT2D eigenvalue weighted by Gasteiger charge is 2.34. The lowest BCUT2D eigenvalue weighted by atomic mass is 9.97. The Morgan fingerprint density at radius 1 is 1.47 bits per heavy atom. The van der Waals surface area contributed by atoms with Crippen LogP contribution < -0.4 is 0 Å². The largest absolute Gasteiger partial charge is 0.444 e. The van der Waals surface area contributed by atoms with E-state index >= 15 is 0 Å². The molecule has 1 aliphatic heterocycles. The third kappa shape index (κ3) is 3.68. The summed E-state index contributed by atoms with van der Waals surface area (Å²) in [5, 5.41) is 3.86. The van der Waals surface area contributed by atoms with Gasteiger partial charge in [-0.25, -0.2) is 4.79 Å². The number of nitrogens with zero attached hydrogens (tertiary/aromatic N) is 3. The number of carbonyl (C=O) groups excluding carboxylic acids is 1. The van der Waals surface area contributed by atoms with Gasteiger partial charge >= 0.3 is 6.09 Å². The number of rotatable bonds is 3. The fourth-order valence-electron chi connectivity index (χ4n) is 1.94. The molecule has 106 valence electrons. The van der Waals surface area contributed by atoms with Crippen molar-refractivity contribution in [3.63, 3.8) is 0 Å². The second-order valence-corrected chi connectivity index (χ2v) is 5.91. The van der Waals surface area contributed by atoms with Crippen LogP contribution in [0.1, 0.15) is 39.4 Å². The molecule has 1 fully saturated rings. The molecule has 0 aromatic carbocycles. The monoisotopic (exact) mass is 267 g/mol. The summed E-state index contributed by atoms with van der Waals surface area (Å²) >= 11 is 0. The zero-order valence-corrected chi connectivity index (χ0v) is 12.0. The Balaban J connectivity index is 1.75. The van der Waals surface area contributed by atoms with Gasteiger partial charge in [0.2, 0.25) is 5.89 Å². The predicted molar refractivity (Wildman–Crippen MR) is 68.7 cm³/mol. The second kappa shape index (κ2) is 5.19. The van der Waals surface area contributed by atoms with E-state index in [0.717, 1.165) is 18.7 Å². The molecule has 0 unspecified atom stereocenters. The Hall–Kier alpha value is -1.59. The number of carbonyl (C=O) groups is 1. The summed E-state index contributed by atoms with van der Waals surface area (Å²) < 4.78 is 10.4. The Labute approximate surface area is 113 Å². The Bertz CT molecular complexity index is 444. The van der Waals surface area contributed by atoms with Crippen molar-refractivity contribution in [3.8, 4) is 0 Å². The maximum absolute atomic E-state index is 11.7. The van der Waals surface area contributed by atoms with Crippen molar-refractivity contribution in [3.05, 3.63) is 11.7 Å². The molecule has 6 heteroatoms. The average molecular weight is 267 g/mol. The van der Waals surface area contributed by atoms with Gasteiger partial charge in [0.05, 0.1) is 0 Å². The summed E-state index contributed by atoms with van der Waals surface area (Å²) in [6.07, 6.45) is 1.26. The third-order valence-corrected chi connectivity index (χ3v) is 2.90. The Morgan fingerprint density at radius 2 is 2.16 bits per heavy atom. The summed E-state index contributed by atoms with van der Waals surface area (Å²) in [6, 6.07) is 0. The fraction of sp³-hybridized carbons (Fsp3) is 0.769. The quantitative estimate of drug-likeness (QED) is 0.838. The molecular weight excluding hydrogens is 246 g/mol. The van der Waals surface area contributed by atoms with E-state index in [0.29, 0.717) is 24.9 Å². The van der Waals surface area contributed by atoms with Crippen LogP contribution in [-0.4, -0.2) is 39.8 Å². The first-order valence-electron chi connectivity index (χ1n) is 6.66. The van der Waals surface area contributed by atoms with E-state index in [9.17, 15) is 4.79 Å². The second-order valence-electron chi connectivity index (χ2n) is 5.91. The highest BCUT2D eigenvalue weighted by molar-refractivity contribution is 5.69. The lowest BCUT2D eigenvalue weighted by Crippen LogP contribution is -2.52. The zero-order valence-electron chi connectivity index (χ0n) is 12.0. The maximum Gasteiger partial charge on any atom is 0.410 e. The van der Waals surface area contributed by atoms with E-state index in [1.807, 2.05) is 27.7 Å². The Morgan fingerprint density at radius 3 is 2.68 bits per heavy atom. The molecule has 0 radical (unpaired) electrons. The lowest BCUT2D eigenvalue weighted by Gasteiger charge is -2.39. The maximum atomic E-state index is 11.7. The summed E-state index contributed by atoms with van der Waals surface area (Å²) in [5.41, 5.74) is -0.440. The van der Waals surface area contributed by atoms with Crippen LogP contribution in [0, 0.1) is 5.92 Å². The summed E-state index contributed by atoms with van der Waals surface area (Å²) in [7, 11) is 0. The van der Waals surface area contributed by atoms with Gasteiger partial charge in [-0.3, -0.25) is 0 Å². The van der Waals surface area contributed by atoms with Crippen molar-refractivity contribution in [2.24, 2.45) is 5.92 Å². The minimum atomic E-state index is -0.440. The molecule has 19 heavy (non-hydrogen) atoms. The zero-order chi connectivity index (χ0) is 14.0. The molecule has 0 aliphatic carbocycles. The topological polar surface area (TPSA) is 68.5 Å². The molecule has 1 saturated heterocycles. The molecule has 2 heterocycles. The van der Waals surface area contributed by atoms with Gasteiger partial charge in [0.25, 0.3) is 0 Å². The van der Waals surface area contributed by atoms with Gasteiger partial charge in [-0.1, -0.05) is 12.1 Å². The van der Waals surface area contributed by atoms with Crippen molar-refractivity contribution in [2.45, 2.75) is 46.1 Å². The van der Waals surface area contributed by atoms with E-state index in [1.54, 1.807) is 4.90 Å². The van der Waals surface area contributed by atoms with Crippen LogP contribution in [0.15, 0.2) is 4.52 Å². The number of aryl methyl sites for hydroxylation is 1. The molecule has 1 aromatic rings. The minimum Gasteiger partial charge on any atom is -0.444 e. The van der Waals surface area contributed by atoms with E-state index in [4.69, 9.17) is 9.26 Å².